The number of unbranched alkanes of at least 4 members (excludes halogenated alkanes) is 2. The second kappa shape index (κ2) is 51.7. The number of nitrogens with one attached hydrogen (secondary N) is 15. The maximum absolute atomic E-state index is 15.7. The van der Waals surface area contributed by atoms with Crippen LogP contribution in [0.3, 0.4) is 0 Å². The third-order valence-electron chi connectivity index (χ3n) is 20.2. The number of thiol groups is 2. The zero-order valence-electron chi connectivity index (χ0n) is 73.1. The Morgan fingerprint density at radius 3 is 1.33 bits per heavy atom. The van der Waals surface area contributed by atoms with E-state index >= 15 is 24.0 Å². The normalized spacial score (nSPS) is 14.4. The van der Waals surface area contributed by atoms with Gasteiger partial charge in [0, 0.05) is 86.0 Å². The number of aliphatic hydroxyl groups is 1. The molecule has 42 nitrogen and oxygen atoms in total. The minimum absolute atomic E-state index is 0.0390. The number of carbonyl (C=O) groups excluding carboxylic acids is 19. The van der Waals surface area contributed by atoms with Crippen LogP contribution < -0.4 is 114 Å². The molecule has 0 radical (unpaired) electrons. The van der Waals surface area contributed by atoms with Crippen LogP contribution in [0.1, 0.15) is 149 Å². The number of benzene rings is 4. The molecule has 129 heavy (non-hydrogen) atoms. The molecule has 704 valence electrons. The van der Waals surface area contributed by atoms with Crippen LogP contribution >= 0.6 is 25.3 Å². The standard InChI is InChI=1S/C85H121N21O21S2/c1-44(107)69(105-75(118)58(29-31-65(87)111)99-82(125)70(84(5,6)128)95-47(4)110)81(124)103-63(40-52-43-94-55-20-12-11-19-54(52)55)79(122)98-59(30-32-66(88)112)76(119)106-71(85(7,8)129)83(126)104-61(38-48-24-27-53(28-25-48)127-36-35-93-46(3)109)78(121)101-62(39-49-23-26-50-17-9-10-18-51(50)37-49)77(120)97-56(21-13-15-33-86)73(116)96-57(22-14-16-34-92-45(2)108)74(117)102-64(42-68(90)114)80(123)100-60(72(91)115)41-67(89)113/h9-12,17-20,23-28,37,43-44,56-64,69-71,94,107,128-129H,13-16,21-22,29-36,38-42,86H2,1-8H3,(H2,87,111)(H2,88,112)(H2,89,113)(H2,90,114)(H2,91,115)(H,92,108)(H,93,109)(H,95,110)(H,96,116)(H,97,120)(H,98,122)(H,99,125)(H,100,123)(H,101,121)(H,102,117)(H,103,124)(H,104,126)(H,105,118)(H,106,119)/t44-,56+,57+,58+,59+,60+,61+,62+,63+,64+,69+,70-,71-/m1/s1. The third kappa shape index (κ3) is 37.1. The number of ether oxygens (including phenoxy) is 1. The molecular weight excluding hydrogens is 1720 g/mol. The number of para-hydroxylation sites is 1. The third-order valence-corrected chi connectivity index (χ3v) is 20.7. The van der Waals surface area contributed by atoms with Crippen molar-refractivity contribution in [3.63, 3.8) is 0 Å². The molecule has 0 aliphatic rings. The van der Waals surface area contributed by atoms with Crippen molar-refractivity contribution in [2.45, 2.75) is 240 Å². The lowest BCUT2D eigenvalue weighted by molar-refractivity contribution is -0.137. The Morgan fingerprint density at radius 2 is 0.822 bits per heavy atom. The number of aromatic nitrogens is 1. The van der Waals surface area contributed by atoms with Crippen LogP contribution in [0.4, 0.5) is 0 Å². The van der Waals surface area contributed by atoms with Crippen molar-refractivity contribution >= 4 is 159 Å². The number of hydrogen-bond acceptors (Lipinski definition) is 24. The van der Waals surface area contributed by atoms with E-state index in [2.05, 4.69) is 92.0 Å². The highest BCUT2D eigenvalue weighted by molar-refractivity contribution is 7.82. The number of aromatic amines is 1. The van der Waals surface area contributed by atoms with Gasteiger partial charge in [-0.05, 0) is 138 Å². The van der Waals surface area contributed by atoms with E-state index in [-0.39, 0.29) is 89.4 Å². The zero-order valence-corrected chi connectivity index (χ0v) is 74.9. The molecular formula is C85H121N21O21S2. The summed E-state index contributed by atoms with van der Waals surface area (Å²) in [6, 6.07) is 4.82. The topological polar surface area (TPSA) is 694 Å². The number of fused-ring (bicyclic) bond motifs is 2. The van der Waals surface area contributed by atoms with Gasteiger partial charge in [-0.3, -0.25) is 91.1 Å². The van der Waals surface area contributed by atoms with E-state index in [0.717, 1.165) is 19.2 Å². The maximum Gasteiger partial charge on any atom is 0.245 e. The molecule has 0 saturated heterocycles. The van der Waals surface area contributed by atoms with Gasteiger partial charge >= 0.3 is 0 Å². The van der Waals surface area contributed by atoms with E-state index in [0.29, 0.717) is 38.7 Å². The predicted molar refractivity (Wildman–Crippen MR) is 480 cm³/mol. The molecule has 0 unspecified atom stereocenters. The van der Waals surface area contributed by atoms with Gasteiger partial charge in [0.15, 0.2) is 0 Å². The van der Waals surface area contributed by atoms with Crippen molar-refractivity contribution in [3.05, 3.63) is 114 Å². The Labute approximate surface area is 755 Å². The lowest BCUT2D eigenvalue weighted by Gasteiger charge is -2.33. The summed E-state index contributed by atoms with van der Waals surface area (Å²) < 4.78 is 2.94. The average Bonchev–Trinajstić information content (AvgIpc) is 1.72. The highest BCUT2D eigenvalue weighted by atomic mass is 32.1. The van der Waals surface area contributed by atoms with Gasteiger partial charge in [-0.15, -0.1) is 0 Å². The summed E-state index contributed by atoms with van der Waals surface area (Å²) in [5, 5.41) is 48.8. The molecule has 0 aliphatic carbocycles. The number of carbonyl (C=O) groups is 19. The molecule has 13 atom stereocenters. The predicted octanol–water partition coefficient (Wildman–Crippen LogP) is -4.30. The first-order chi connectivity index (χ1) is 60.6. The lowest BCUT2D eigenvalue weighted by Crippen LogP contribution is -2.64. The van der Waals surface area contributed by atoms with Crippen molar-refractivity contribution in [1.82, 2.24) is 79.4 Å². The number of aliphatic hydroxyl groups excluding tert-OH is 1. The number of nitrogens with two attached hydrogens (primary N) is 6. The van der Waals surface area contributed by atoms with Crippen molar-refractivity contribution in [2.24, 2.45) is 34.4 Å². The first kappa shape index (κ1) is 107. The van der Waals surface area contributed by atoms with Crippen molar-refractivity contribution < 1.29 is 101 Å². The van der Waals surface area contributed by atoms with E-state index in [4.69, 9.17) is 51.8 Å². The summed E-state index contributed by atoms with van der Waals surface area (Å²) in [4.78, 5) is 263. The Morgan fingerprint density at radius 1 is 0.411 bits per heavy atom. The van der Waals surface area contributed by atoms with E-state index < -0.39 is 233 Å². The summed E-state index contributed by atoms with van der Waals surface area (Å²) in [5.74, 6) is -18.3. The Balaban J connectivity index is 1.59. The first-order valence-electron chi connectivity index (χ1n) is 41.7. The van der Waals surface area contributed by atoms with Gasteiger partial charge in [0.1, 0.15) is 84.9 Å². The first-order valence-corrected chi connectivity index (χ1v) is 42.6. The van der Waals surface area contributed by atoms with Gasteiger partial charge < -0.3 is 124 Å². The molecule has 19 amide bonds. The van der Waals surface area contributed by atoms with Gasteiger partial charge in [0.05, 0.1) is 25.5 Å². The Bertz CT molecular complexity index is 4830. The lowest BCUT2D eigenvalue weighted by atomic mass is 9.98. The Kier molecular flexibility index (Phi) is 42.7. The van der Waals surface area contributed by atoms with Gasteiger partial charge in [-0.25, -0.2) is 0 Å². The van der Waals surface area contributed by atoms with Crippen LogP contribution in [0.25, 0.3) is 21.7 Å². The fourth-order valence-corrected chi connectivity index (χ4v) is 13.8. The average molecular weight is 1840 g/mol. The van der Waals surface area contributed by atoms with Crippen LogP contribution in [0.15, 0.2) is 97.2 Å². The SMILES string of the molecule is CC(=O)NCCCC[C@H](NC(=O)[C@H](CCCCN)NC(=O)[C@H](Cc1ccc2ccccc2c1)NC(=O)[C@H](Cc1ccc(OCCNC(C)=O)cc1)NC(=O)[C@@H](NC(=O)[C@H](CCC(N)=O)NC(=O)[C@H](Cc1c[nH]c2ccccc12)NC(=O)[C@@H](NC(=O)[C@H](CCC(N)=O)NC(=O)[C@@H](NC(C)=O)C(C)(C)S)[C@@H](C)O)C(C)(C)S)C(=O)N[C@@H](CC(N)=O)C(=O)N[C@@H](CC(N)=O)C(N)=O. The summed E-state index contributed by atoms with van der Waals surface area (Å²) >= 11 is 9.19. The second-order valence-electron chi connectivity index (χ2n) is 32.3. The van der Waals surface area contributed by atoms with Gasteiger partial charge in [-0.2, -0.15) is 25.3 Å². The molecule has 5 rings (SSSR count). The molecule has 28 N–H and O–H groups in total. The monoisotopic (exact) mass is 1840 g/mol. The summed E-state index contributed by atoms with van der Waals surface area (Å²) in [5.41, 5.74) is 35.0. The Hall–Kier alpha value is -13.0. The number of amides is 19. The quantitative estimate of drug-likeness (QED) is 0.0129. The number of hydrogen-bond donors (Lipinski definition) is 24. The molecule has 0 fully saturated rings. The van der Waals surface area contributed by atoms with Gasteiger partial charge in [-0.1, -0.05) is 72.8 Å². The summed E-state index contributed by atoms with van der Waals surface area (Å²) in [7, 11) is 0. The smallest absolute Gasteiger partial charge is 0.245 e. The molecule has 1 aromatic heterocycles. The minimum Gasteiger partial charge on any atom is -0.492 e. The fourth-order valence-electron chi connectivity index (χ4n) is 13.5. The van der Waals surface area contributed by atoms with Crippen LogP contribution in [-0.4, -0.2) is 237 Å². The number of rotatable bonds is 56. The molecule has 1 heterocycles. The fraction of sp³-hybridized carbons (Fsp3) is 0.494. The van der Waals surface area contributed by atoms with Crippen molar-refractivity contribution in [3.8, 4) is 5.75 Å². The van der Waals surface area contributed by atoms with E-state index in [1.165, 1.54) is 59.9 Å². The van der Waals surface area contributed by atoms with Crippen molar-refractivity contribution in [1.29, 1.82) is 0 Å². The van der Waals surface area contributed by atoms with Crippen LogP contribution in [0.5, 0.6) is 5.75 Å². The highest BCUT2D eigenvalue weighted by Crippen LogP contribution is 2.25. The van der Waals surface area contributed by atoms with E-state index in [1.54, 1.807) is 72.8 Å². The molecule has 0 aliphatic heterocycles. The largest absolute Gasteiger partial charge is 0.492 e. The highest BCUT2D eigenvalue weighted by Gasteiger charge is 2.42. The molecule has 44 heteroatoms. The number of H-pyrrole nitrogens is 1. The zero-order chi connectivity index (χ0) is 96.2. The summed E-state index contributed by atoms with van der Waals surface area (Å²) in [6.07, 6.45) is -4.72. The molecule has 0 saturated carbocycles. The van der Waals surface area contributed by atoms with Crippen molar-refractivity contribution in [2.75, 3.05) is 26.2 Å². The number of primary amides is 5. The maximum atomic E-state index is 15.7. The van der Waals surface area contributed by atoms with Crippen LogP contribution in [-0.2, 0) is 110 Å². The minimum atomic E-state index is -1.95. The second-order valence-corrected chi connectivity index (χ2v) is 34.6. The van der Waals surface area contributed by atoms with Crippen LogP contribution in [0.2, 0.25) is 0 Å². The molecule has 0 bridgehead atoms. The van der Waals surface area contributed by atoms with E-state index in [1.807, 2.05) is 6.07 Å². The van der Waals surface area contributed by atoms with Gasteiger partial charge in [0.2, 0.25) is 112 Å². The van der Waals surface area contributed by atoms with Gasteiger partial charge in [0.25, 0.3) is 0 Å². The van der Waals surface area contributed by atoms with E-state index in [9.17, 15) is 72.2 Å². The molecule has 5 aromatic rings. The summed E-state index contributed by atoms with van der Waals surface area (Å²) in [6.45, 7) is 11.1. The molecule has 4 aromatic carbocycles. The van der Waals surface area contributed by atoms with Crippen LogP contribution in [0, 0.1) is 0 Å². The molecule has 0 spiro atoms.